The number of nitrogens with one attached hydrogen (secondary N) is 1. The lowest BCUT2D eigenvalue weighted by molar-refractivity contribution is -0.114. The Bertz CT molecular complexity index is 502. The molecule has 0 aliphatic rings. The van der Waals surface area contributed by atoms with E-state index in [1.54, 1.807) is 0 Å². The van der Waals surface area contributed by atoms with Crippen molar-refractivity contribution in [2.24, 2.45) is 0 Å². The molecule has 0 saturated heterocycles. The van der Waals surface area contributed by atoms with Gasteiger partial charge in [-0.25, -0.2) is 4.98 Å². The van der Waals surface area contributed by atoms with Gasteiger partial charge in [0, 0.05) is 19.2 Å². The van der Waals surface area contributed by atoms with Crippen molar-refractivity contribution in [3.05, 3.63) is 24.5 Å². The van der Waals surface area contributed by atoms with Gasteiger partial charge in [-0.2, -0.15) is 0 Å². The van der Waals surface area contributed by atoms with E-state index >= 15 is 0 Å². The van der Waals surface area contributed by atoms with Crippen molar-refractivity contribution in [1.82, 2.24) is 9.55 Å². The van der Waals surface area contributed by atoms with Crippen molar-refractivity contribution in [3.63, 3.8) is 0 Å². The average molecular weight is 203 g/mol. The molecule has 0 aliphatic heterocycles. The minimum Gasteiger partial charge on any atom is -0.331 e. The monoisotopic (exact) mass is 203 g/mol. The van der Waals surface area contributed by atoms with Gasteiger partial charge in [0.15, 0.2) is 0 Å². The molecule has 78 valence electrons. The Balaban J connectivity index is 2.44. The molecule has 0 radical (unpaired) electrons. The predicted octanol–water partition coefficient (Wildman–Crippen LogP) is 2.01. The molecule has 1 aromatic heterocycles. The van der Waals surface area contributed by atoms with Gasteiger partial charge in [-0.1, -0.05) is 0 Å². The second-order valence-corrected chi connectivity index (χ2v) is 3.42. The lowest BCUT2D eigenvalue weighted by atomic mass is 10.2. The molecule has 4 nitrogen and oxygen atoms in total. The highest BCUT2D eigenvalue weighted by atomic mass is 16.1. The van der Waals surface area contributed by atoms with Crippen LogP contribution in [0.4, 0.5) is 5.69 Å². The molecule has 1 aromatic carbocycles. The number of hydrogen-bond acceptors (Lipinski definition) is 2. The third-order valence-corrected chi connectivity index (χ3v) is 2.28. The third kappa shape index (κ3) is 1.83. The summed E-state index contributed by atoms with van der Waals surface area (Å²) in [5.41, 5.74) is 2.78. The summed E-state index contributed by atoms with van der Waals surface area (Å²) in [6.07, 6.45) is 1.81. The van der Waals surface area contributed by atoms with Crippen LogP contribution in [0.25, 0.3) is 11.0 Å². The number of carbonyl (C=O) groups is 1. The number of amides is 1. The molecular formula is C11H13N3O. The number of benzene rings is 1. The molecule has 0 fully saturated rings. The number of carbonyl (C=O) groups excluding carboxylic acids is 1. The van der Waals surface area contributed by atoms with Gasteiger partial charge < -0.3 is 9.88 Å². The number of imidazole rings is 1. The van der Waals surface area contributed by atoms with Crippen LogP contribution < -0.4 is 5.32 Å². The Hall–Kier alpha value is -1.84. The van der Waals surface area contributed by atoms with Gasteiger partial charge in [0.25, 0.3) is 0 Å². The smallest absolute Gasteiger partial charge is 0.221 e. The molecule has 0 atom stereocenters. The zero-order chi connectivity index (χ0) is 10.8. The molecule has 0 bridgehead atoms. The largest absolute Gasteiger partial charge is 0.331 e. The van der Waals surface area contributed by atoms with Gasteiger partial charge >= 0.3 is 0 Å². The van der Waals surface area contributed by atoms with Gasteiger partial charge in [0.2, 0.25) is 5.91 Å². The lowest BCUT2D eigenvalue weighted by Gasteiger charge is -2.02. The van der Waals surface area contributed by atoms with Gasteiger partial charge in [-0.15, -0.1) is 0 Å². The first kappa shape index (κ1) is 9.71. The second-order valence-electron chi connectivity index (χ2n) is 3.42. The normalized spacial score (nSPS) is 10.5. The first-order chi connectivity index (χ1) is 7.20. The molecule has 4 heteroatoms. The zero-order valence-electron chi connectivity index (χ0n) is 8.82. The number of hydrogen-bond donors (Lipinski definition) is 1. The van der Waals surface area contributed by atoms with Crippen molar-refractivity contribution in [1.29, 1.82) is 0 Å². The molecule has 0 saturated carbocycles. The van der Waals surface area contributed by atoms with Crippen LogP contribution in [0.2, 0.25) is 0 Å². The molecule has 1 N–H and O–H groups in total. The molecule has 1 amide bonds. The average Bonchev–Trinajstić information content (AvgIpc) is 2.58. The van der Waals surface area contributed by atoms with Gasteiger partial charge in [-0.3, -0.25) is 4.79 Å². The Kier molecular flexibility index (Phi) is 2.41. The number of aryl methyl sites for hydroxylation is 1. The summed E-state index contributed by atoms with van der Waals surface area (Å²) in [5.74, 6) is -0.0655. The molecule has 15 heavy (non-hydrogen) atoms. The van der Waals surface area contributed by atoms with E-state index in [1.165, 1.54) is 6.92 Å². The van der Waals surface area contributed by atoms with E-state index in [2.05, 4.69) is 21.8 Å². The maximum Gasteiger partial charge on any atom is 0.221 e. The quantitative estimate of drug-likeness (QED) is 0.811. The summed E-state index contributed by atoms with van der Waals surface area (Å²) >= 11 is 0. The van der Waals surface area contributed by atoms with Crippen LogP contribution in [-0.4, -0.2) is 15.5 Å². The number of rotatable bonds is 2. The maximum atomic E-state index is 10.9. The molecule has 1 heterocycles. The third-order valence-electron chi connectivity index (χ3n) is 2.28. The zero-order valence-corrected chi connectivity index (χ0v) is 8.82. The van der Waals surface area contributed by atoms with Crippen LogP contribution in [0.3, 0.4) is 0 Å². The summed E-state index contributed by atoms with van der Waals surface area (Å²) < 4.78 is 2.06. The highest BCUT2D eigenvalue weighted by molar-refractivity contribution is 5.91. The van der Waals surface area contributed by atoms with Gasteiger partial charge in [0.1, 0.15) is 0 Å². The standard InChI is InChI=1S/C11H13N3O/c1-3-14-7-12-10-6-9(13-8(2)15)4-5-11(10)14/h4-7H,3H2,1-2H3,(H,13,15). The summed E-state index contributed by atoms with van der Waals surface area (Å²) in [4.78, 5) is 15.1. The van der Waals surface area contributed by atoms with Crippen LogP contribution in [0.1, 0.15) is 13.8 Å². The fraction of sp³-hybridized carbons (Fsp3) is 0.273. The summed E-state index contributed by atoms with van der Waals surface area (Å²) in [6.45, 7) is 4.47. The molecule has 0 unspecified atom stereocenters. The van der Waals surface area contributed by atoms with E-state index in [9.17, 15) is 4.79 Å². The van der Waals surface area contributed by atoms with Crippen LogP contribution in [0, 0.1) is 0 Å². The van der Waals surface area contributed by atoms with E-state index in [0.29, 0.717) is 0 Å². The van der Waals surface area contributed by atoms with E-state index in [1.807, 2.05) is 24.5 Å². The van der Waals surface area contributed by atoms with Crippen LogP contribution in [-0.2, 0) is 11.3 Å². The SMILES string of the molecule is CCn1cnc2cc(NC(C)=O)ccc21. The van der Waals surface area contributed by atoms with E-state index in [4.69, 9.17) is 0 Å². The lowest BCUT2D eigenvalue weighted by Crippen LogP contribution is -2.05. The molecular weight excluding hydrogens is 190 g/mol. The summed E-state index contributed by atoms with van der Waals surface area (Å²) in [6, 6.07) is 5.73. The fourth-order valence-corrected chi connectivity index (χ4v) is 1.60. The van der Waals surface area contributed by atoms with Gasteiger partial charge in [-0.05, 0) is 25.1 Å². The molecule has 0 spiro atoms. The Morgan fingerprint density at radius 3 is 3.00 bits per heavy atom. The Labute approximate surface area is 87.9 Å². The number of anilines is 1. The van der Waals surface area contributed by atoms with Crippen molar-refractivity contribution in [2.45, 2.75) is 20.4 Å². The number of nitrogens with zero attached hydrogens (tertiary/aromatic N) is 2. The summed E-state index contributed by atoms with van der Waals surface area (Å²) in [5, 5.41) is 2.74. The predicted molar refractivity (Wildman–Crippen MR) is 59.7 cm³/mol. The van der Waals surface area contributed by atoms with Crippen LogP contribution >= 0.6 is 0 Å². The van der Waals surface area contributed by atoms with Crippen LogP contribution in [0.15, 0.2) is 24.5 Å². The van der Waals surface area contributed by atoms with E-state index < -0.39 is 0 Å². The number of fused-ring (bicyclic) bond motifs is 1. The minimum atomic E-state index is -0.0655. The van der Waals surface area contributed by atoms with Crippen molar-refractivity contribution >= 4 is 22.6 Å². The Morgan fingerprint density at radius 2 is 2.33 bits per heavy atom. The fourth-order valence-electron chi connectivity index (χ4n) is 1.60. The first-order valence-electron chi connectivity index (χ1n) is 4.93. The minimum absolute atomic E-state index is 0.0655. The second kappa shape index (κ2) is 3.73. The Morgan fingerprint density at radius 1 is 1.53 bits per heavy atom. The van der Waals surface area contributed by atoms with E-state index in [-0.39, 0.29) is 5.91 Å². The van der Waals surface area contributed by atoms with Gasteiger partial charge in [0.05, 0.1) is 17.4 Å². The molecule has 0 aliphatic carbocycles. The first-order valence-corrected chi connectivity index (χ1v) is 4.93. The highest BCUT2D eigenvalue weighted by Gasteiger charge is 2.02. The highest BCUT2D eigenvalue weighted by Crippen LogP contribution is 2.17. The van der Waals surface area contributed by atoms with Crippen molar-refractivity contribution < 1.29 is 4.79 Å². The van der Waals surface area contributed by atoms with Crippen molar-refractivity contribution in [3.8, 4) is 0 Å². The molecule has 2 rings (SSSR count). The van der Waals surface area contributed by atoms with E-state index in [0.717, 1.165) is 23.3 Å². The van der Waals surface area contributed by atoms with Crippen molar-refractivity contribution in [2.75, 3.05) is 5.32 Å². The summed E-state index contributed by atoms with van der Waals surface area (Å²) in [7, 11) is 0. The maximum absolute atomic E-state index is 10.9. The number of aromatic nitrogens is 2. The topological polar surface area (TPSA) is 46.9 Å². The molecule has 2 aromatic rings. The van der Waals surface area contributed by atoms with Crippen LogP contribution in [0.5, 0.6) is 0 Å².